The second-order valence-electron chi connectivity index (χ2n) is 5.51. The maximum Gasteiger partial charge on any atom is 0.169 e. The van der Waals surface area contributed by atoms with Crippen molar-refractivity contribution in [2.75, 3.05) is 6.54 Å². The number of rotatable bonds is 3. The maximum absolute atomic E-state index is 5.61. The van der Waals surface area contributed by atoms with Gasteiger partial charge in [-0.1, -0.05) is 32.1 Å². The van der Waals surface area contributed by atoms with Crippen molar-refractivity contribution in [2.24, 2.45) is 0 Å². The van der Waals surface area contributed by atoms with Crippen LogP contribution in [-0.2, 0) is 0 Å². The van der Waals surface area contributed by atoms with Crippen molar-refractivity contribution in [3.63, 3.8) is 0 Å². The Labute approximate surface area is 111 Å². The van der Waals surface area contributed by atoms with Crippen LogP contribution in [0.25, 0.3) is 0 Å². The fourth-order valence-corrected chi connectivity index (χ4v) is 3.73. The molecule has 2 aliphatic rings. The predicted octanol–water partition coefficient (Wildman–Crippen LogP) is 3.46. The zero-order chi connectivity index (χ0) is 12.1. The van der Waals surface area contributed by atoms with Crippen molar-refractivity contribution in [1.82, 2.24) is 10.2 Å². The fraction of sp³-hybridized carbons (Fsp3) is 0.929. The van der Waals surface area contributed by atoms with Crippen LogP contribution in [0.4, 0.5) is 0 Å². The van der Waals surface area contributed by atoms with Crippen molar-refractivity contribution in [3.05, 3.63) is 0 Å². The molecule has 0 atom stereocenters. The van der Waals surface area contributed by atoms with Gasteiger partial charge < -0.3 is 10.2 Å². The molecule has 0 bridgehead atoms. The molecule has 0 aliphatic heterocycles. The van der Waals surface area contributed by atoms with Gasteiger partial charge in [0.25, 0.3) is 0 Å². The zero-order valence-corrected chi connectivity index (χ0v) is 11.9. The van der Waals surface area contributed by atoms with Crippen LogP contribution in [-0.4, -0.2) is 28.6 Å². The molecule has 17 heavy (non-hydrogen) atoms. The van der Waals surface area contributed by atoms with E-state index in [2.05, 4.69) is 17.1 Å². The Morgan fingerprint density at radius 3 is 2.24 bits per heavy atom. The highest BCUT2D eigenvalue weighted by Gasteiger charge is 2.24. The highest BCUT2D eigenvalue weighted by molar-refractivity contribution is 7.80. The lowest BCUT2D eigenvalue weighted by molar-refractivity contribution is 0.247. The van der Waals surface area contributed by atoms with Gasteiger partial charge in [-0.25, -0.2) is 0 Å². The molecular weight excluding hydrogens is 228 g/mol. The Hall–Kier alpha value is -0.310. The average Bonchev–Trinajstić information content (AvgIpc) is 2.84. The fourth-order valence-electron chi connectivity index (χ4n) is 3.29. The Kier molecular flexibility index (Phi) is 5.08. The number of nitrogens with zero attached hydrogens (tertiary/aromatic N) is 1. The first-order valence-electron chi connectivity index (χ1n) is 7.38. The van der Waals surface area contributed by atoms with Crippen molar-refractivity contribution in [1.29, 1.82) is 0 Å². The summed E-state index contributed by atoms with van der Waals surface area (Å²) in [7, 11) is 0. The smallest absolute Gasteiger partial charge is 0.169 e. The van der Waals surface area contributed by atoms with Gasteiger partial charge in [0.05, 0.1) is 0 Å². The van der Waals surface area contributed by atoms with Crippen LogP contribution in [0.2, 0.25) is 0 Å². The topological polar surface area (TPSA) is 15.3 Å². The van der Waals surface area contributed by atoms with Gasteiger partial charge in [0, 0.05) is 18.6 Å². The van der Waals surface area contributed by atoms with E-state index in [0.717, 1.165) is 11.7 Å². The Bertz CT molecular complexity index is 243. The Balaban J connectivity index is 1.84. The van der Waals surface area contributed by atoms with Crippen molar-refractivity contribution in [3.8, 4) is 0 Å². The molecule has 0 heterocycles. The van der Waals surface area contributed by atoms with Crippen molar-refractivity contribution >= 4 is 17.3 Å². The molecule has 0 aromatic carbocycles. The van der Waals surface area contributed by atoms with E-state index < -0.39 is 0 Å². The van der Waals surface area contributed by atoms with Crippen LogP contribution >= 0.6 is 12.2 Å². The molecule has 2 saturated carbocycles. The number of hydrogen-bond donors (Lipinski definition) is 1. The third-order valence-electron chi connectivity index (χ3n) is 4.30. The molecular formula is C14H26N2S. The molecule has 2 nitrogen and oxygen atoms in total. The van der Waals surface area contributed by atoms with Gasteiger partial charge in [0.1, 0.15) is 0 Å². The lowest BCUT2D eigenvalue weighted by Crippen LogP contribution is -2.49. The van der Waals surface area contributed by atoms with E-state index in [9.17, 15) is 0 Å². The van der Waals surface area contributed by atoms with E-state index >= 15 is 0 Å². The first-order valence-corrected chi connectivity index (χ1v) is 7.79. The summed E-state index contributed by atoms with van der Waals surface area (Å²) in [5.41, 5.74) is 0. The van der Waals surface area contributed by atoms with Gasteiger partial charge in [-0.15, -0.1) is 0 Å². The third-order valence-corrected chi connectivity index (χ3v) is 4.65. The van der Waals surface area contributed by atoms with Crippen LogP contribution < -0.4 is 5.32 Å². The normalized spacial score (nSPS) is 22.6. The van der Waals surface area contributed by atoms with E-state index in [4.69, 9.17) is 12.2 Å². The Morgan fingerprint density at radius 2 is 1.65 bits per heavy atom. The molecule has 2 aliphatic carbocycles. The first-order chi connectivity index (χ1) is 8.31. The summed E-state index contributed by atoms with van der Waals surface area (Å²) in [6.45, 7) is 3.29. The average molecular weight is 254 g/mol. The minimum absolute atomic E-state index is 0.653. The van der Waals surface area contributed by atoms with Crippen LogP contribution in [0.3, 0.4) is 0 Å². The van der Waals surface area contributed by atoms with E-state index in [1.807, 2.05) is 0 Å². The standard InChI is InChI=1S/C14H26N2S/c1-2-16(13-10-4-3-5-11-13)14(17)15-12-8-6-7-9-12/h12-13H,2-11H2,1H3,(H,15,17). The molecule has 98 valence electrons. The molecule has 0 unspecified atom stereocenters. The number of hydrogen-bond acceptors (Lipinski definition) is 1. The summed E-state index contributed by atoms with van der Waals surface area (Å²) >= 11 is 5.61. The van der Waals surface area contributed by atoms with Gasteiger partial charge >= 0.3 is 0 Å². The largest absolute Gasteiger partial charge is 0.360 e. The molecule has 2 fully saturated rings. The van der Waals surface area contributed by atoms with E-state index in [0.29, 0.717) is 12.1 Å². The van der Waals surface area contributed by atoms with Gasteiger partial charge in [0.2, 0.25) is 0 Å². The molecule has 0 radical (unpaired) electrons. The number of thiocarbonyl (C=S) groups is 1. The first kappa shape index (κ1) is 13.1. The molecule has 0 spiro atoms. The molecule has 0 amide bonds. The lowest BCUT2D eigenvalue weighted by Gasteiger charge is -2.36. The monoisotopic (exact) mass is 254 g/mol. The molecule has 2 rings (SSSR count). The summed E-state index contributed by atoms with van der Waals surface area (Å²) in [5.74, 6) is 0. The van der Waals surface area contributed by atoms with Crippen LogP contribution in [0.15, 0.2) is 0 Å². The molecule has 3 heteroatoms. The minimum atomic E-state index is 0.653. The van der Waals surface area contributed by atoms with Crippen LogP contribution in [0.1, 0.15) is 64.7 Å². The Morgan fingerprint density at radius 1 is 1.06 bits per heavy atom. The van der Waals surface area contributed by atoms with Crippen molar-refractivity contribution in [2.45, 2.75) is 76.8 Å². The van der Waals surface area contributed by atoms with Crippen LogP contribution in [0, 0.1) is 0 Å². The van der Waals surface area contributed by atoms with Gasteiger partial charge in [-0.3, -0.25) is 0 Å². The molecule has 0 aromatic rings. The second-order valence-corrected chi connectivity index (χ2v) is 5.90. The zero-order valence-electron chi connectivity index (χ0n) is 11.1. The lowest BCUT2D eigenvalue weighted by atomic mass is 9.94. The summed E-state index contributed by atoms with van der Waals surface area (Å²) < 4.78 is 0. The summed E-state index contributed by atoms with van der Waals surface area (Å²) in [4.78, 5) is 2.44. The highest BCUT2D eigenvalue weighted by atomic mass is 32.1. The van der Waals surface area contributed by atoms with Crippen LogP contribution in [0.5, 0.6) is 0 Å². The molecule has 1 N–H and O–H groups in total. The summed E-state index contributed by atoms with van der Waals surface area (Å²) in [6, 6.07) is 1.36. The van der Waals surface area contributed by atoms with Crippen molar-refractivity contribution < 1.29 is 0 Å². The third kappa shape index (κ3) is 3.57. The van der Waals surface area contributed by atoms with E-state index in [1.165, 1.54) is 57.8 Å². The number of nitrogens with one attached hydrogen (secondary N) is 1. The van der Waals surface area contributed by atoms with E-state index in [1.54, 1.807) is 0 Å². The van der Waals surface area contributed by atoms with Gasteiger partial charge in [-0.05, 0) is 44.8 Å². The molecule has 0 aromatic heterocycles. The van der Waals surface area contributed by atoms with Gasteiger partial charge in [0.15, 0.2) is 5.11 Å². The van der Waals surface area contributed by atoms with Gasteiger partial charge in [-0.2, -0.15) is 0 Å². The van der Waals surface area contributed by atoms with E-state index in [-0.39, 0.29) is 0 Å². The SMILES string of the molecule is CCN(C(=S)NC1CCCC1)C1CCCCC1. The summed E-state index contributed by atoms with van der Waals surface area (Å²) in [6.07, 6.45) is 12.2. The summed E-state index contributed by atoms with van der Waals surface area (Å²) in [5, 5.41) is 4.60. The maximum atomic E-state index is 5.61. The quantitative estimate of drug-likeness (QED) is 0.777. The minimum Gasteiger partial charge on any atom is -0.360 e. The second kappa shape index (κ2) is 6.58. The predicted molar refractivity (Wildman–Crippen MR) is 77.2 cm³/mol. The highest BCUT2D eigenvalue weighted by Crippen LogP contribution is 2.23. The molecule has 0 saturated heterocycles.